The van der Waals surface area contributed by atoms with Crippen molar-refractivity contribution >= 4 is 21.3 Å². The van der Waals surface area contributed by atoms with E-state index in [4.69, 9.17) is 0 Å². The molecule has 0 bridgehead atoms. The van der Waals surface area contributed by atoms with Gasteiger partial charge in [-0.3, -0.25) is 0 Å². The van der Waals surface area contributed by atoms with Crippen LogP contribution >= 0.6 is 0 Å². The van der Waals surface area contributed by atoms with Crippen molar-refractivity contribution in [2.45, 2.75) is 44.7 Å². The third kappa shape index (κ3) is 4.69. The Morgan fingerprint density at radius 2 is 1.94 bits per heavy atom. The second-order valence-corrected chi connectivity index (χ2v) is 10.6. The van der Waals surface area contributed by atoms with Gasteiger partial charge in [0.2, 0.25) is 0 Å². The molecule has 1 aromatic heterocycles. The van der Waals surface area contributed by atoms with Crippen molar-refractivity contribution in [3.63, 3.8) is 0 Å². The number of rotatable bonds is 5. The maximum atomic E-state index is 12.2. The number of fused-ring (bicyclic) bond motifs is 1. The van der Waals surface area contributed by atoms with Crippen molar-refractivity contribution in [1.82, 2.24) is 9.97 Å². The van der Waals surface area contributed by atoms with E-state index in [2.05, 4.69) is 26.3 Å². The number of anilines is 2. The maximum absolute atomic E-state index is 12.2. The number of hydrogen-bond donors (Lipinski definition) is 1. The second kappa shape index (κ2) is 8.83. The zero-order valence-corrected chi connectivity index (χ0v) is 20.1. The van der Waals surface area contributed by atoms with Crippen molar-refractivity contribution in [2.24, 2.45) is 0 Å². The van der Waals surface area contributed by atoms with Gasteiger partial charge in [0.15, 0.2) is 9.84 Å². The van der Waals surface area contributed by atoms with E-state index in [9.17, 15) is 13.7 Å². The van der Waals surface area contributed by atoms with Crippen LogP contribution in [0.4, 0.5) is 11.5 Å². The van der Waals surface area contributed by atoms with Crippen LogP contribution in [-0.4, -0.2) is 31.2 Å². The molecule has 2 aromatic carbocycles. The number of aromatic nitrogens is 2. The van der Waals surface area contributed by atoms with Crippen molar-refractivity contribution in [2.75, 3.05) is 23.0 Å². The summed E-state index contributed by atoms with van der Waals surface area (Å²) in [6, 6.07) is 13.6. The Balaban J connectivity index is 1.63. The van der Waals surface area contributed by atoms with Gasteiger partial charge < -0.3 is 10.2 Å². The Hall–Kier alpha value is -3.44. The number of nitrogens with one attached hydrogen (secondary N) is 1. The summed E-state index contributed by atoms with van der Waals surface area (Å²) in [6.07, 6.45) is 3.54. The van der Waals surface area contributed by atoms with Gasteiger partial charge in [-0.15, -0.1) is 0 Å². The van der Waals surface area contributed by atoms with Gasteiger partial charge in [0.05, 0.1) is 21.8 Å². The van der Waals surface area contributed by atoms with Crippen LogP contribution in [0.1, 0.15) is 46.5 Å². The molecule has 0 fully saturated rings. The van der Waals surface area contributed by atoms with Crippen molar-refractivity contribution in [1.29, 1.82) is 5.26 Å². The summed E-state index contributed by atoms with van der Waals surface area (Å²) < 4.78 is 24.3. The molecule has 7 nitrogen and oxygen atoms in total. The first kappa shape index (κ1) is 22.7. The number of nitrogens with zero attached hydrogens (tertiary/aromatic N) is 4. The Morgan fingerprint density at radius 1 is 1.15 bits per heavy atom. The molecule has 33 heavy (non-hydrogen) atoms. The van der Waals surface area contributed by atoms with Gasteiger partial charge in [-0.25, -0.2) is 18.4 Å². The summed E-state index contributed by atoms with van der Waals surface area (Å²) >= 11 is 0. The first-order chi connectivity index (χ1) is 15.7. The molecule has 0 saturated heterocycles. The number of nitriles is 1. The Labute approximate surface area is 195 Å². The highest BCUT2D eigenvalue weighted by Crippen LogP contribution is 2.31. The fourth-order valence-corrected chi connectivity index (χ4v) is 5.26. The molecule has 0 spiro atoms. The van der Waals surface area contributed by atoms with Crippen LogP contribution < -0.4 is 10.2 Å². The summed E-state index contributed by atoms with van der Waals surface area (Å²) in [5.41, 5.74) is 6.21. The zero-order valence-electron chi connectivity index (χ0n) is 19.3. The molecule has 2 heterocycles. The number of sulfone groups is 1. The van der Waals surface area contributed by atoms with E-state index in [1.54, 1.807) is 19.3 Å². The minimum Gasteiger partial charge on any atom is -0.366 e. The molecule has 1 atom stereocenters. The molecule has 0 radical (unpaired) electrons. The van der Waals surface area contributed by atoms with E-state index in [0.29, 0.717) is 17.0 Å². The Morgan fingerprint density at radius 3 is 2.67 bits per heavy atom. The summed E-state index contributed by atoms with van der Waals surface area (Å²) in [5.74, 6) is 0.726. The molecule has 8 heteroatoms. The first-order valence-electron chi connectivity index (χ1n) is 10.8. The highest BCUT2D eigenvalue weighted by Gasteiger charge is 2.24. The quantitative estimate of drug-likeness (QED) is 0.610. The largest absolute Gasteiger partial charge is 0.366 e. The van der Waals surface area contributed by atoms with Crippen LogP contribution in [0.5, 0.6) is 0 Å². The average Bonchev–Trinajstić information content (AvgIpc) is 2.78. The van der Waals surface area contributed by atoms with E-state index >= 15 is 0 Å². The Bertz CT molecular complexity index is 1360. The normalized spacial score (nSPS) is 14.3. The van der Waals surface area contributed by atoms with Crippen LogP contribution in [0.2, 0.25) is 0 Å². The van der Waals surface area contributed by atoms with E-state index < -0.39 is 9.84 Å². The average molecular weight is 462 g/mol. The van der Waals surface area contributed by atoms with E-state index in [1.165, 1.54) is 6.26 Å². The first-order valence-corrected chi connectivity index (χ1v) is 12.7. The maximum Gasteiger partial charge on any atom is 0.175 e. The standard InChI is InChI=1S/C25H27N5O2S/c1-16-5-8-23(20(11-16)13-26)30-10-9-22-21(14-30)25(28-15-27-22)29-18(3)19-7-6-17(2)24(12-19)33(4,31)32/h5-8,11-12,15,18H,9-10,14H2,1-4H3,(H,27,28,29)/t18-/m1/s1. The number of aryl methyl sites for hydroxylation is 2. The smallest absolute Gasteiger partial charge is 0.175 e. The van der Waals surface area contributed by atoms with Crippen LogP contribution in [0, 0.1) is 25.2 Å². The monoisotopic (exact) mass is 461 g/mol. The molecule has 3 aromatic rings. The zero-order chi connectivity index (χ0) is 23.8. The van der Waals surface area contributed by atoms with Gasteiger partial charge >= 0.3 is 0 Å². The molecule has 170 valence electrons. The highest BCUT2D eigenvalue weighted by molar-refractivity contribution is 7.90. The summed E-state index contributed by atoms with van der Waals surface area (Å²) in [6.45, 7) is 7.12. The minimum atomic E-state index is -3.31. The highest BCUT2D eigenvalue weighted by atomic mass is 32.2. The fraction of sp³-hybridized carbons (Fsp3) is 0.320. The predicted octanol–water partition coefficient (Wildman–Crippen LogP) is 4.10. The van der Waals surface area contributed by atoms with Crippen molar-refractivity contribution in [3.05, 3.63) is 76.2 Å². The molecular weight excluding hydrogens is 434 g/mol. The SMILES string of the molecule is Cc1ccc(N2CCc3ncnc(N[C@H](C)c4ccc(C)c(S(C)(=O)=O)c4)c3C2)c(C#N)c1. The minimum absolute atomic E-state index is 0.158. The molecule has 1 aliphatic rings. The molecule has 0 unspecified atom stereocenters. The van der Waals surface area contributed by atoms with Crippen LogP contribution in [0.3, 0.4) is 0 Å². The topological polar surface area (TPSA) is 99.0 Å². The van der Waals surface area contributed by atoms with Gasteiger partial charge in [0.25, 0.3) is 0 Å². The van der Waals surface area contributed by atoms with Gasteiger partial charge in [0.1, 0.15) is 18.2 Å². The molecule has 0 amide bonds. The van der Waals surface area contributed by atoms with E-state index in [1.807, 2.05) is 44.2 Å². The van der Waals surface area contributed by atoms with E-state index in [-0.39, 0.29) is 6.04 Å². The number of hydrogen-bond acceptors (Lipinski definition) is 7. The van der Waals surface area contributed by atoms with Crippen LogP contribution in [0.15, 0.2) is 47.6 Å². The molecular formula is C25H27N5O2S. The molecule has 4 rings (SSSR count). The lowest BCUT2D eigenvalue weighted by atomic mass is 10.0. The van der Waals surface area contributed by atoms with Gasteiger partial charge in [-0.05, 0) is 55.7 Å². The lowest BCUT2D eigenvalue weighted by Gasteiger charge is -2.32. The molecule has 1 N–H and O–H groups in total. The predicted molar refractivity (Wildman–Crippen MR) is 129 cm³/mol. The van der Waals surface area contributed by atoms with Crippen LogP contribution in [-0.2, 0) is 22.8 Å². The Kier molecular flexibility index (Phi) is 6.09. The van der Waals surface area contributed by atoms with Gasteiger partial charge in [-0.2, -0.15) is 5.26 Å². The van der Waals surface area contributed by atoms with E-state index in [0.717, 1.165) is 52.4 Å². The molecule has 1 aliphatic heterocycles. The third-order valence-corrected chi connectivity index (χ3v) is 7.32. The number of benzene rings is 2. The fourth-order valence-electron chi connectivity index (χ4n) is 4.26. The van der Waals surface area contributed by atoms with Crippen molar-refractivity contribution < 1.29 is 8.42 Å². The lowest BCUT2D eigenvalue weighted by Crippen LogP contribution is -2.32. The summed E-state index contributed by atoms with van der Waals surface area (Å²) in [7, 11) is -3.31. The van der Waals surface area contributed by atoms with Crippen LogP contribution in [0.25, 0.3) is 0 Å². The molecule has 0 aliphatic carbocycles. The second-order valence-electron chi connectivity index (χ2n) is 8.61. The summed E-state index contributed by atoms with van der Waals surface area (Å²) in [5, 5.41) is 13.1. The van der Waals surface area contributed by atoms with Gasteiger partial charge in [0, 0.05) is 37.4 Å². The van der Waals surface area contributed by atoms with Crippen molar-refractivity contribution in [3.8, 4) is 6.07 Å². The lowest BCUT2D eigenvalue weighted by molar-refractivity contribution is 0.601. The van der Waals surface area contributed by atoms with Gasteiger partial charge in [-0.1, -0.05) is 18.2 Å². The molecule has 0 saturated carbocycles. The summed E-state index contributed by atoms with van der Waals surface area (Å²) in [4.78, 5) is 11.5. The third-order valence-electron chi connectivity index (χ3n) is 6.08.